The van der Waals surface area contributed by atoms with Gasteiger partial charge in [0, 0.05) is 0 Å². The molecule has 0 aromatic heterocycles. The molecule has 0 atom stereocenters. The topological polar surface area (TPSA) is 23.9 Å². The molecule has 1 aromatic carbocycles. The molecule has 3 heteroatoms. The van der Waals surface area contributed by atoms with E-state index in [-0.39, 0.29) is 0 Å². The van der Waals surface area contributed by atoms with Crippen molar-refractivity contribution in [3.8, 4) is 0 Å². The Kier molecular flexibility index (Phi) is 3.13. The van der Waals surface area contributed by atoms with E-state index in [1.54, 1.807) is 0 Å². The van der Waals surface area contributed by atoms with Gasteiger partial charge in [0.1, 0.15) is 0 Å². The normalized spacial score (nSPS) is 9.55. The Morgan fingerprint density at radius 3 is 2.36 bits per heavy atom. The van der Waals surface area contributed by atoms with E-state index < -0.39 is 0 Å². The van der Waals surface area contributed by atoms with Gasteiger partial charge in [-0.2, -0.15) is 0 Å². The summed E-state index contributed by atoms with van der Waals surface area (Å²) in [5.41, 5.74) is 1.11. The molecule has 0 bridgehead atoms. The van der Waals surface area contributed by atoms with Crippen LogP contribution in [-0.4, -0.2) is 20.6 Å². The van der Waals surface area contributed by atoms with Gasteiger partial charge >= 0.3 is 78.9 Å². The maximum absolute atomic E-state index is 7.20. The molecule has 0 saturated heterocycles. The van der Waals surface area contributed by atoms with Crippen molar-refractivity contribution in [2.75, 3.05) is 0 Å². The Morgan fingerprint density at radius 1 is 1.36 bits per heavy atom. The van der Waals surface area contributed by atoms with E-state index >= 15 is 0 Å². The molecule has 1 aromatic rings. The number of hydrogen-bond acceptors (Lipinski definition) is 1. The standard InChI is InChI=1S/C8H7ClNSe/c9-7-3-1-6(2-4-7)5-8(10)11/h1-4,10H,5H2. The van der Waals surface area contributed by atoms with Crippen LogP contribution in [0.25, 0.3) is 0 Å². The van der Waals surface area contributed by atoms with E-state index in [2.05, 4.69) is 16.0 Å². The molecule has 1 radical (unpaired) electrons. The summed E-state index contributed by atoms with van der Waals surface area (Å²) in [6, 6.07) is 7.52. The molecule has 1 nitrogen and oxygen atoms in total. The van der Waals surface area contributed by atoms with E-state index in [1.165, 1.54) is 0 Å². The van der Waals surface area contributed by atoms with Crippen LogP contribution in [0.2, 0.25) is 5.02 Å². The Bertz CT molecular complexity index is 255. The van der Waals surface area contributed by atoms with Crippen LogP contribution in [0.3, 0.4) is 0 Å². The Balaban J connectivity index is 2.74. The van der Waals surface area contributed by atoms with Crippen LogP contribution in [0.1, 0.15) is 5.56 Å². The van der Waals surface area contributed by atoms with Crippen molar-refractivity contribution in [2.45, 2.75) is 6.42 Å². The van der Waals surface area contributed by atoms with Crippen molar-refractivity contribution in [1.29, 1.82) is 5.41 Å². The first-order chi connectivity index (χ1) is 5.18. The Morgan fingerprint density at radius 2 is 1.91 bits per heavy atom. The van der Waals surface area contributed by atoms with E-state index in [4.69, 9.17) is 17.0 Å². The molecule has 0 aliphatic rings. The van der Waals surface area contributed by atoms with Crippen molar-refractivity contribution in [1.82, 2.24) is 0 Å². The molecule has 1 rings (SSSR count). The van der Waals surface area contributed by atoms with Crippen LogP contribution in [0.5, 0.6) is 0 Å². The molecule has 57 valence electrons. The molecule has 0 spiro atoms. The second-order valence-corrected chi connectivity index (χ2v) is 3.70. The maximum atomic E-state index is 7.20. The van der Waals surface area contributed by atoms with Gasteiger partial charge in [-0.25, -0.2) is 0 Å². The number of benzene rings is 1. The van der Waals surface area contributed by atoms with E-state index in [0.29, 0.717) is 11.0 Å². The first-order valence-electron chi connectivity index (χ1n) is 3.17. The van der Waals surface area contributed by atoms with Gasteiger partial charge in [-0.05, 0) is 0 Å². The van der Waals surface area contributed by atoms with Crippen LogP contribution in [0.15, 0.2) is 24.3 Å². The molecule has 11 heavy (non-hydrogen) atoms. The van der Waals surface area contributed by atoms with Crippen molar-refractivity contribution >= 4 is 32.2 Å². The number of halogens is 1. The first-order valence-corrected chi connectivity index (χ1v) is 4.41. The molecule has 0 heterocycles. The number of rotatable bonds is 2. The minimum atomic E-state index is 0.548. The SMILES string of the molecule is N=C([Se])Cc1ccc(Cl)cc1. The van der Waals surface area contributed by atoms with Gasteiger partial charge in [0.15, 0.2) is 0 Å². The van der Waals surface area contributed by atoms with Gasteiger partial charge in [0.2, 0.25) is 0 Å². The zero-order valence-electron chi connectivity index (χ0n) is 5.80. The zero-order valence-corrected chi connectivity index (χ0v) is 8.27. The van der Waals surface area contributed by atoms with Gasteiger partial charge in [-0.3, -0.25) is 0 Å². The third kappa shape index (κ3) is 3.06. The van der Waals surface area contributed by atoms with Crippen LogP contribution in [-0.2, 0) is 6.42 Å². The van der Waals surface area contributed by atoms with E-state index in [0.717, 1.165) is 10.6 Å². The monoisotopic (exact) mass is 232 g/mol. The molecule has 0 aliphatic heterocycles. The average Bonchev–Trinajstić information content (AvgIpc) is 1.93. The van der Waals surface area contributed by atoms with Crippen molar-refractivity contribution in [2.24, 2.45) is 0 Å². The molecule has 0 aliphatic carbocycles. The Labute approximate surface area is 79.1 Å². The predicted molar refractivity (Wildman–Crippen MR) is 48.6 cm³/mol. The third-order valence-electron chi connectivity index (χ3n) is 1.28. The second kappa shape index (κ2) is 3.91. The summed E-state index contributed by atoms with van der Waals surface area (Å²) in [6.07, 6.45) is 0.664. The molecule has 0 saturated carbocycles. The summed E-state index contributed by atoms with van der Waals surface area (Å²) >= 11 is 8.34. The average molecular weight is 232 g/mol. The van der Waals surface area contributed by atoms with Crippen LogP contribution >= 0.6 is 11.6 Å². The van der Waals surface area contributed by atoms with Crippen LogP contribution < -0.4 is 0 Å². The van der Waals surface area contributed by atoms with Crippen LogP contribution in [0, 0.1) is 5.41 Å². The second-order valence-electron chi connectivity index (χ2n) is 2.23. The van der Waals surface area contributed by atoms with E-state index in [9.17, 15) is 0 Å². The van der Waals surface area contributed by atoms with Crippen molar-refractivity contribution in [3.63, 3.8) is 0 Å². The van der Waals surface area contributed by atoms with Gasteiger partial charge < -0.3 is 0 Å². The fourth-order valence-corrected chi connectivity index (χ4v) is 1.26. The molecular weight excluding hydrogens is 225 g/mol. The van der Waals surface area contributed by atoms with Gasteiger partial charge in [0.05, 0.1) is 0 Å². The van der Waals surface area contributed by atoms with Gasteiger partial charge in [-0.15, -0.1) is 0 Å². The minimum absolute atomic E-state index is 0.548. The summed E-state index contributed by atoms with van der Waals surface area (Å²) in [6.45, 7) is 0. The first kappa shape index (κ1) is 8.79. The predicted octanol–water partition coefficient (Wildman–Crippen LogP) is 2.03. The molecule has 1 N–H and O–H groups in total. The fourth-order valence-electron chi connectivity index (χ4n) is 0.788. The van der Waals surface area contributed by atoms with Gasteiger partial charge in [0.25, 0.3) is 0 Å². The van der Waals surface area contributed by atoms with Crippen molar-refractivity contribution < 1.29 is 0 Å². The molecule has 0 amide bonds. The fraction of sp³-hybridized carbons (Fsp3) is 0.125. The molecule has 0 unspecified atom stereocenters. The quantitative estimate of drug-likeness (QED) is 0.595. The number of nitrogens with one attached hydrogen (secondary N) is 1. The molecule has 0 fully saturated rings. The summed E-state index contributed by atoms with van der Waals surface area (Å²) in [5, 5.41) is 7.93. The summed E-state index contributed by atoms with van der Waals surface area (Å²) in [4.78, 5) is 0. The summed E-state index contributed by atoms with van der Waals surface area (Å²) in [7, 11) is 0. The summed E-state index contributed by atoms with van der Waals surface area (Å²) < 4.78 is 0.548. The van der Waals surface area contributed by atoms with Crippen LogP contribution in [0.4, 0.5) is 0 Å². The molecular formula is C8H7ClNSe. The number of hydrogen-bond donors (Lipinski definition) is 1. The van der Waals surface area contributed by atoms with Gasteiger partial charge in [-0.1, -0.05) is 0 Å². The van der Waals surface area contributed by atoms with Crippen molar-refractivity contribution in [3.05, 3.63) is 34.9 Å². The van der Waals surface area contributed by atoms with E-state index in [1.807, 2.05) is 24.3 Å². The summed E-state index contributed by atoms with van der Waals surface area (Å²) in [5.74, 6) is 0. The zero-order chi connectivity index (χ0) is 8.27. The Hall–Kier alpha value is -0.301. The third-order valence-corrected chi connectivity index (χ3v) is 1.83.